The van der Waals surface area contributed by atoms with Crippen LogP contribution in [0, 0.1) is 6.92 Å². The van der Waals surface area contributed by atoms with Crippen LogP contribution in [0.4, 0.5) is 0 Å². The second-order valence-corrected chi connectivity index (χ2v) is 5.08. The molecule has 2 rings (SSSR count). The van der Waals surface area contributed by atoms with Gasteiger partial charge < -0.3 is 5.11 Å². The van der Waals surface area contributed by atoms with Crippen LogP contribution in [0.15, 0.2) is 11.6 Å². The lowest BCUT2D eigenvalue weighted by Gasteiger charge is -1.89. The molecule has 0 aliphatic carbocycles. The van der Waals surface area contributed by atoms with E-state index in [1.807, 2.05) is 12.3 Å². The zero-order chi connectivity index (χ0) is 9.97. The minimum Gasteiger partial charge on any atom is -0.391 e. The zero-order valence-corrected chi connectivity index (χ0v) is 9.36. The lowest BCUT2D eigenvalue weighted by atomic mass is 10.4. The van der Waals surface area contributed by atoms with Gasteiger partial charge in [0, 0.05) is 17.3 Å². The van der Waals surface area contributed by atoms with E-state index in [0.29, 0.717) is 0 Å². The van der Waals surface area contributed by atoms with E-state index in [0.717, 1.165) is 27.0 Å². The van der Waals surface area contributed by atoms with Crippen molar-refractivity contribution in [1.29, 1.82) is 0 Å². The molecule has 14 heavy (non-hydrogen) atoms. The van der Waals surface area contributed by atoms with E-state index in [1.54, 1.807) is 28.9 Å². The summed E-state index contributed by atoms with van der Waals surface area (Å²) in [6.45, 7) is 2.07. The third-order valence-electron chi connectivity index (χ3n) is 1.73. The van der Waals surface area contributed by atoms with Crippen molar-refractivity contribution >= 4 is 22.7 Å². The number of nitrogens with zero attached hydrogens (tertiary/aromatic N) is 2. The number of rotatable bonds is 3. The first kappa shape index (κ1) is 9.76. The van der Waals surface area contributed by atoms with E-state index in [2.05, 4.69) is 9.97 Å². The Bertz CT molecular complexity index is 422. The maximum Gasteiger partial charge on any atom is 0.0996 e. The van der Waals surface area contributed by atoms with Gasteiger partial charge in [-0.15, -0.1) is 22.7 Å². The molecule has 0 atom stereocenters. The van der Waals surface area contributed by atoms with E-state index in [-0.39, 0.29) is 6.61 Å². The molecule has 5 heteroatoms. The van der Waals surface area contributed by atoms with Gasteiger partial charge in [0.05, 0.1) is 27.9 Å². The molecular weight excluding hydrogens is 216 g/mol. The molecule has 0 aliphatic heterocycles. The molecule has 2 aromatic rings. The molecule has 1 N–H and O–H groups in total. The Morgan fingerprint density at radius 1 is 1.43 bits per heavy atom. The van der Waals surface area contributed by atoms with Crippen molar-refractivity contribution in [1.82, 2.24) is 9.97 Å². The molecule has 0 fully saturated rings. The van der Waals surface area contributed by atoms with Crippen LogP contribution in [-0.2, 0) is 13.0 Å². The molecule has 3 nitrogen and oxygen atoms in total. The van der Waals surface area contributed by atoms with Gasteiger partial charge in [-0.25, -0.2) is 9.97 Å². The van der Waals surface area contributed by atoms with Crippen molar-refractivity contribution in [3.05, 3.63) is 32.2 Å². The summed E-state index contributed by atoms with van der Waals surface area (Å²) in [6, 6.07) is 0. The Morgan fingerprint density at radius 2 is 2.29 bits per heavy atom. The lowest BCUT2D eigenvalue weighted by Crippen LogP contribution is -1.85. The second kappa shape index (κ2) is 4.16. The fourth-order valence-corrected chi connectivity index (χ4v) is 2.77. The first-order chi connectivity index (χ1) is 6.78. The van der Waals surface area contributed by atoms with Crippen molar-refractivity contribution in [3.8, 4) is 0 Å². The van der Waals surface area contributed by atoms with Gasteiger partial charge in [0.1, 0.15) is 0 Å². The van der Waals surface area contributed by atoms with Gasteiger partial charge in [0.15, 0.2) is 0 Å². The SMILES string of the molecule is Cc1csc(Cc2ncc(CO)s2)n1. The van der Waals surface area contributed by atoms with Gasteiger partial charge in [-0.1, -0.05) is 0 Å². The number of thiazole rings is 2. The summed E-state index contributed by atoms with van der Waals surface area (Å²) in [5, 5.41) is 13.0. The van der Waals surface area contributed by atoms with E-state index in [4.69, 9.17) is 5.11 Å². The summed E-state index contributed by atoms with van der Waals surface area (Å²) in [5.74, 6) is 0. The number of aromatic nitrogens is 2. The van der Waals surface area contributed by atoms with E-state index in [9.17, 15) is 0 Å². The summed E-state index contributed by atoms with van der Waals surface area (Å²) in [5.41, 5.74) is 1.06. The Hall–Kier alpha value is -0.780. The largest absolute Gasteiger partial charge is 0.391 e. The number of hydrogen-bond donors (Lipinski definition) is 1. The van der Waals surface area contributed by atoms with Crippen molar-refractivity contribution in [2.24, 2.45) is 0 Å². The van der Waals surface area contributed by atoms with Gasteiger partial charge in [-0.05, 0) is 6.92 Å². The molecule has 0 aromatic carbocycles. The monoisotopic (exact) mass is 226 g/mol. The van der Waals surface area contributed by atoms with Crippen LogP contribution in [0.25, 0.3) is 0 Å². The van der Waals surface area contributed by atoms with Crippen LogP contribution in [0.5, 0.6) is 0 Å². The zero-order valence-electron chi connectivity index (χ0n) is 7.73. The number of aliphatic hydroxyl groups excluding tert-OH is 1. The fourth-order valence-electron chi connectivity index (χ4n) is 1.12. The summed E-state index contributed by atoms with van der Waals surface area (Å²) >= 11 is 3.20. The number of aliphatic hydroxyl groups is 1. The molecule has 0 aliphatic rings. The van der Waals surface area contributed by atoms with Crippen molar-refractivity contribution in [2.45, 2.75) is 20.0 Å². The second-order valence-electron chi connectivity index (χ2n) is 2.94. The standard InChI is InChI=1S/C9H10N2OS2/c1-6-5-13-9(11-6)2-8-10-3-7(4-12)14-8/h3,5,12H,2,4H2,1H3. The molecule has 0 bridgehead atoms. The summed E-state index contributed by atoms with van der Waals surface area (Å²) in [6.07, 6.45) is 2.50. The average molecular weight is 226 g/mol. The van der Waals surface area contributed by atoms with Crippen molar-refractivity contribution in [2.75, 3.05) is 0 Å². The van der Waals surface area contributed by atoms with Crippen LogP contribution >= 0.6 is 22.7 Å². The first-order valence-corrected chi connectivity index (χ1v) is 5.93. The summed E-state index contributed by atoms with van der Waals surface area (Å²) in [4.78, 5) is 9.49. The Kier molecular flexibility index (Phi) is 2.90. The Labute approximate surface area is 90.1 Å². The van der Waals surface area contributed by atoms with E-state index < -0.39 is 0 Å². The molecule has 0 saturated carbocycles. The summed E-state index contributed by atoms with van der Waals surface area (Å²) in [7, 11) is 0. The van der Waals surface area contributed by atoms with Gasteiger partial charge in [0.25, 0.3) is 0 Å². The predicted molar refractivity (Wildman–Crippen MR) is 57.7 cm³/mol. The molecule has 0 saturated heterocycles. The Balaban J connectivity index is 2.10. The van der Waals surface area contributed by atoms with Crippen LogP contribution in [0.1, 0.15) is 20.6 Å². The molecule has 0 amide bonds. The lowest BCUT2D eigenvalue weighted by molar-refractivity contribution is 0.285. The minimum absolute atomic E-state index is 0.0779. The average Bonchev–Trinajstić information content (AvgIpc) is 2.76. The normalized spacial score (nSPS) is 10.7. The summed E-state index contributed by atoms with van der Waals surface area (Å²) < 4.78 is 0. The van der Waals surface area contributed by atoms with E-state index >= 15 is 0 Å². The van der Waals surface area contributed by atoms with Gasteiger partial charge in [-0.3, -0.25) is 0 Å². The van der Waals surface area contributed by atoms with Crippen molar-refractivity contribution < 1.29 is 5.11 Å². The predicted octanol–water partition coefficient (Wildman–Crippen LogP) is 1.99. The van der Waals surface area contributed by atoms with Gasteiger partial charge in [-0.2, -0.15) is 0 Å². The molecule has 2 aromatic heterocycles. The molecule has 0 unspecified atom stereocenters. The minimum atomic E-state index is 0.0779. The fraction of sp³-hybridized carbons (Fsp3) is 0.333. The van der Waals surface area contributed by atoms with Gasteiger partial charge >= 0.3 is 0 Å². The van der Waals surface area contributed by atoms with Gasteiger partial charge in [0.2, 0.25) is 0 Å². The topological polar surface area (TPSA) is 46.0 Å². The number of aryl methyl sites for hydroxylation is 1. The highest BCUT2D eigenvalue weighted by Crippen LogP contribution is 2.18. The maximum absolute atomic E-state index is 8.88. The molecule has 74 valence electrons. The molecule has 0 radical (unpaired) electrons. The highest BCUT2D eigenvalue weighted by Gasteiger charge is 2.05. The Morgan fingerprint density at radius 3 is 2.86 bits per heavy atom. The maximum atomic E-state index is 8.88. The highest BCUT2D eigenvalue weighted by molar-refractivity contribution is 7.12. The highest BCUT2D eigenvalue weighted by atomic mass is 32.1. The quantitative estimate of drug-likeness (QED) is 0.870. The smallest absolute Gasteiger partial charge is 0.0996 e. The third kappa shape index (κ3) is 2.17. The third-order valence-corrected chi connectivity index (χ3v) is 3.68. The molecule has 0 spiro atoms. The van der Waals surface area contributed by atoms with Crippen molar-refractivity contribution in [3.63, 3.8) is 0 Å². The van der Waals surface area contributed by atoms with E-state index in [1.165, 1.54) is 0 Å². The number of hydrogen-bond acceptors (Lipinski definition) is 5. The molecular formula is C9H10N2OS2. The molecule has 2 heterocycles. The van der Waals surface area contributed by atoms with Crippen LogP contribution in [-0.4, -0.2) is 15.1 Å². The van der Waals surface area contributed by atoms with Crippen LogP contribution < -0.4 is 0 Å². The van der Waals surface area contributed by atoms with Crippen LogP contribution in [0.2, 0.25) is 0 Å². The van der Waals surface area contributed by atoms with Crippen LogP contribution in [0.3, 0.4) is 0 Å². The first-order valence-electron chi connectivity index (χ1n) is 4.23.